The van der Waals surface area contributed by atoms with Crippen molar-refractivity contribution in [3.8, 4) is 0 Å². The zero-order valence-electron chi connectivity index (χ0n) is 17.4. The minimum Gasteiger partial charge on any atom is -0.378 e. The number of ether oxygens (including phenoxy) is 1. The molecule has 0 spiro atoms. The number of nitrogens with one attached hydrogen (secondary N) is 1. The van der Waals surface area contributed by atoms with E-state index in [0.717, 1.165) is 24.5 Å². The lowest BCUT2D eigenvalue weighted by Crippen LogP contribution is -2.55. The molecule has 1 N–H and O–H groups in total. The maximum absolute atomic E-state index is 14.2. The summed E-state index contributed by atoms with van der Waals surface area (Å²) in [5, 5.41) is 2.24. The van der Waals surface area contributed by atoms with Crippen molar-refractivity contribution in [2.24, 2.45) is 0 Å². The van der Waals surface area contributed by atoms with Crippen LogP contribution in [0.1, 0.15) is 18.0 Å². The highest BCUT2D eigenvalue weighted by molar-refractivity contribution is 6.06. The number of alkyl halides is 2. The van der Waals surface area contributed by atoms with E-state index in [-0.39, 0.29) is 38.9 Å². The number of hydrogen-bond acceptors (Lipinski definition) is 5. The first-order valence-electron chi connectivity index (χ1n) is 10.4. The van der Waals surface area contributed by atoms with E-state index in [0.29, 0.717) is 13.0 Å². The first kappa shape index (κ1) is 22.6. The summed E-state index contributed by atoms with van der Waals surface area (Å²) in [7, 11) is 2.08. The third-order valence-corrected chi connectivity index (χ3v) is 5.64. The van der Waals surface area contributed by atoms with Crippen LogP contribution in [0, 0.1) is 0 Å². The van der Waals surface area contributed by atoms with Crippen LogP contribution < -0.4 is 5.32 Å². The summed E-state index contributed by atoms with van der Waals surface area (Å²) in [6.45, 7) is 4.03. The molecule has 3 rings (SSSR count). The third-order valence-electron chi connectivity index (χ3n) is 5.64. The molecule has 166 valence electrons. The first-order valence-corrected chi connectivity index (χ1v) is 10.4. The lowest BCUT2D eigenvalue weighted by molar-refractivity contribution is -0.170. The lowest BCUT2D eigenvalue weighted by Gasteiger charge is -2.40. The molecule has 0 saturated carbocycles. The minimum absolute atomic E-state index is 0.0754. The molecule has 0 aromatic heterocycles. The Balaban J connectivity index is 1.48. The smallest absolute Gasteiger partial charge is 0.378 e. The molecule has 2 aliphatic heterocycles. The fraction of sp³-hybridized carbons (Fsp3) is 0.619. The number of morpholine rings is 1. The molecule has 2 saturated heterocycles. The van der Waals surface area contributed by atoms with Gasteiger partial charge in [0.1, 0.15) is 0 Å². The summed E-state index contributed by atoms with van der Waals surface area (Å²) in [5.74, 6) is -7.04. The van der Waals surface area contributed by atoms with Gasteiger partial charge in [-0.25, -0.2) is 0 Å². The summed E-state index contributed by atoms with van der Waals surface area (Å²) in [6, 6.07) is 10.4. The van der Waals surface area contributed by atoms with E-state index >= 15 is 0 Å². The maximum Gasteiger partial charge on any atom is 0.400 e. The van der Waals surface area contributed by atoms with Gasteiger partial charge in [-0.1, -0.05) is 30.3 Å². The average Bonchev–Trinajstić information content (AvgIpc) is 2.77. The van der Waals surface area contributed by atoms with Gasteiger partial charge >= 0.3 is 17.7 Å². The van der Waals surface area contributed by atoms with Crippen molar-refractivity contribution in [3.63, 3.8) is 0 Å². The monoisotopic (exact) mass is 424 g/mol. The molecule has 0 bridgehead atoms. The highest BCUT2D eigenvalue weighted by Gasteiger charge is 2.49. The minimum atomic E-state index is -4.06. The van der Waals surface area contributed by atoms with E-state index in [1.807, 2.05) is 18.2 Å². The molecule has 9 heteroatoms. The van der Waals surface area contributed by atoms with Crippen LogP contribution in [0.4, 0.5) is 8.78 Å². The zero-order valence-corrected chi connectivity index (χ0v) is 17.4. The second-order valence-corrected chi connectivity index (χ2v) is 7.81. The number of carbonyl (C=O) groups excluding carboxylic acids is 2. The van der Waals surface area contributed by atoms with Crippen molar-refractivity contribution in [2.45, 2.75) is 18.4 Å². The Morgan fingerprint density at radius 1 is 1.13 bits per heavy atom. The standard InChI is InChI=1S/C21H30F2N4O3/c1-25-10-11-26(18(16-25)17-6-3-2-4-7-17)9-5-8-24-19(28)21(22,23)20(29)27-12-14-30-15-13-27/h2-4,6-7,18H,5,8-16H2,1H3,(H,24,28). The normalized spacial score (nSPS) is 21.4. The number of piperazine rings is 1. The topological polar surface area (TPSA) is 65.1 Å². The summed E-state index contributed by atoms with van der Waals surface area (Å²) < 4.78 is 33.5. The molecule has 2 aliphatic rings. The van der Waals surface area contributed by atoms with E-state index < -0.39 is 17.7 Å². The molecule has 1 atom stereocenters. The maximum atomic E-state index is 14.2. The zero-order chi connectivity index (χ0) is 21.6. The van der Waals surface area contributed by atoms with Gasteiger partial charge in [0.15, 0.2) is 0 Å². The van der Waals surface area contributed by atoms with Gasteiger partial charge < -0.3 is 19.9 Å². The van der Waals surface area contributed by atoms with Gasteiger partial charge in [-0.3, -0.25) is 14.5 Å². The first-order chi connectivity index (χ1) is 14.4. The second-order valence-electron chi connectivity index (χ2n) is 7.81. The summed E-state index contributed by atoms with van der Waals surface area (Å²) in [5.41, 5.74) is 1.22. The number of carbonyl (C=O) groups is 2. The molecule has 2 heterocycles. The largest absolute Gasteiger partial charge is 0.400 e. The predicted molar refractivity (Wildman–Crippen MR) is 108 cm³/mol. The highest BCUT2D eigenvalue weighted by Crippen LogP contribution is 2.25. The van der Waals surface area contributed by atoms with Crippen LogP contribution in [0.15, 0.2) is 30.3 Å². The van der Waals surface area contributed by atoms with Crippen LogP contribution in [-0.2, 0) is 14.3 Å². The van der Waals surface area contributed by atoms with Gasteiger partial charge in [0.25, 0.3) is 0 Å². The molecular formula is C21H30F2N4O3. The molecular weight excluding hydrogens is 394 g/mol. The van der Waals surface area contributed by atoms with Crippen LogP contribution in [0.3, 0.4) is 0 Å². The van der Waals surface area contributed by atoms with Gasteiger partial charge in [0.2, 0.25) is 0 Å². The van der Waals surface area contributed by atoms with E-state index in [1.54, 1.807) is 0 Å². The molecule has 7 nitrogen and oxygen atoms in total. The SMILES string of the molecule is CN1CCN(CCCNC(=O)C(F)(F)C(=O)N2CCOCC2)C(c2ccccc2)C1. The Kier molecular flexibility index (Phi) is 7.74. The molecule has 1 unspecified atom stereocenters. The lowest BCUT2D eigenvalue weighted by atomic mass is 10.0. The molecule has 2 amide bonds. The molecule has 30 heavy (non-hydrogen) atoms. The van der Waals surface area contributed by atoms with Crippen LogP contribution in [0.25, 0.3) is 0 Å². The number of rotatable bonds is 7. The van der Waals surface area contributed by atoms with Crippen LogP contribution >= 0.6 is 0 Å². The van der Waals surface area contributed by atoms with Gasteiger partial charge in [0.05, 0.1) is 13.2 Å². The Morgan fingerprint density at radius 3 is 2.53 bits per heavy atom. The van der Waals surface area contributed by atoms with Crippen molar-refractivity contribution in [1.82, 2.24) is 20.0 Å². The molecule has 1 aromatic rings. The molecule has 0 aliphatic carbocycles. The van der Waals surface area contributed by atoms with Gasteiger partial charge in [-0.2, -0.15) is 8.78 Å². The van der Waals surface area contributed by atoms with E-state index in [2.05, 4.69) is 34.3 Å². The van der Waals surface area contributed by atoms with Gasteiger partial charge in [0, 0.05) is 51.9 Å². The number of amides is 2. The molecule has 2 fully saturated rings. The number of halogens is 2. The van der Waals surface area contributed by atoms with Crippen molar-refractivity contribution < 1.29 is 23.1 Å². The van der Waals surface area contributed by atoms with Crippen LogP contribution in [-0.4, -0.2) is 98.5 Å². The Hall–Kier alpha value is -2.10. The fourth-order valence-corrected chi connectivity index (χ4v) is 3.87. The van der Waals surface area contributed by atoms with E-state index in [1.165, 1.54) is 5.56 Å². The number of nitrogens with zero attached hydrogens (tertiary/aromatic N) is 3. The van der Waals surface area contributed by atoms with Gasteiger partial charge in [-0.15, -0.1) is 0 Å². The van der Waals surface area contributed by atoms with Crippen LogP contribution in [0.2, 0.25) is 0 Å². The van der Waals surface area contributed by atoms with Crippen molar-refractivity contribution in [2.75, 3.05) is 66.1 Å². The van der Waals surface area contributed by atoms with Gasteiger partial charge in [-0.05, 0) is 19.0 Å². The average molecular weight is 424 g/mol. The third kappa shape index (κ3) is 5.53. The van der Waals surface area contributed by atoms with Crippen molar-refractivity contribution >= 4 is 11.8 Å². The summed E-state index contributed by atoms with van der Waals surface area (Å²) >= 11 is 0. The predicted octanol–water partition coefficient (Wildman–Crippen LogP) is 0.976. The van der Waals surface area contributed by atoms with Crippen molar-refractivity contribution in [1.29, 1.82) is 0 Å². The highest BCUT2D eigenvalue weighted by atomic mass is 19.3. The Bertz CT molecular complexity index is 713. The number of hydrogen-bond donors (Lipinski definition) is 1. The molecule has 1 aromatic carbocycles. The van der Waals surface area contributed by atoms with Crippen molar-refractivity contribution in [3.05, 3.63) is 35.9 Å². The number of likely N-dealkylation sites (N-methyl/N-ethyl adjacent to an activating group) is 1. The Morgan fingerprint density at radius 2 is 1.83 bits per heavy atom. The van der Waals surface area contributed by atoms with E-state index in [9.17, 15) is 18.4 Å². The second kappa shape index (κ2) is 10.3. The quantitative estimate of drug-likeness (QED) is 0.522. The molecule has 0 radical (unpaired) electrons. The number of benzene rings is 1. The fourth-order valence-electron chi connectivity index (χ4n) is 3.87. The van der Waals surface area contributed by atoms with E-state index in [4.69, 9.17) is 4.74 Å². The van der Waals surface area contributed by atoms with Crippen LogP contribution in [0.5, 0.6) is 0 Å². The summed E-state index contributed by atoms with van der Waals surface area (Å²) in [4.78, 5) is 29.6. The Labute approximate surface area is 175 Å². The summed E-state index contributed by atoms with van der Waals surface area (Å²) in [6.07, 6.45) is 0.528.